The van der Waals surface area contributed by atoms with Gasteiger partial charge in [0.2, 0.25) is 0 Å². The molecular weight excluding hydrogens is 346 g/mol. The first kappa shape index (κ1) is 19.3. The van der Waals surface area contributed by atoms with Crippen LogP contribution >= 0.6 is 0 Å². The molecule has 0 radical (unpaired) electrons. The monoisotopic (exact) mass is 373 g/mol. The van der Waals surface area contributed by atoms with E-state index >= 15 is 0 Å². The SMILES string of the molecule is COc1ccc(CN2CCN(Cc3cn(C)cn3)CCC2C(=O)NO)cc1. The molecule has 2 heterocycles. The van der Waals surface area contributed by atoms with Crippen molar-refractivity contribution in [2.45, 2.75) is 25.6 Å². The van der Waals surface area contributed by atoms with E-state index in [0.717, 1.165) is 43.2 Å². The minimum absolute atomic E-state index is 0.358. The third-order valence-corrected chi connectivity index (χ3v) is 4.96. The molecule has 3 rings (SSSR count). The Kier molecular flexibility index (Phi) is 6.44. The van der Waals surface area contributed by atoms with Crippen LogP contribution in [0.3, 0.4) is 0 Å². The number of nitrogens with one attached hydrogen (secondary N) is 1. The first-order chi connectivity index (χ1) is 13.1. The number of hydroxylamine groups is 1. The Hall–Kier alpha value is -2.42. The van der Waals surface area contributed by atoms with Gasteiger partial charge in [0, 0.05) is 46.0 Å². The van der Waals surface area contributed by atoms with Crippen molar-refractivity contribution in [2.75, 3.05) is 26.7 Å². The highest BCUT2D eigenvalue weighted by atomic mass is 16.5. The number of ether oxygens (including phenoxy) is 1. The lowest BCUT2D eigenvalue weighted by molar-refractivity contribution is -0.135. The van der Waals surface area contributed by atoms with Crippen LogP contribution in [0.2, 0.25) is 0 Å². The highest BCUT2D eigenvalue weighted by Crippen LogP contribution is 2.18. The van der Waals surface area contributed by atoms with Gasteiger partial charge in [-0.3, -0.25) is 19.8 Å². The summed E-state index contributed by atoms with van der Waals surface area (Å²) in [5.74, 6) is 0.448. The Balaban J connectivity index is 1.68. The largest absolute Gasteiger partial charge is 0.497 e. The topological polar surface area (TPSA) is 82.9 Å². The predicted octanol–water partition coefficient (Wildman–Crippen LogP) is 1.01. The van der Waals surface area contributed by atoms with Crippen LogP contribution < -0.4 is 10.2 Å². The normalized spacial score (nSPS) is 18.9. The van der Waals surface area contributed by atoms with E-state index in [9.17, 15) is 4.79 Å². The number of aryl methyl sites for hydroxylation is 1. The second-order valence-corrected chi connectivity index (χ2v) is 6.91. The molecule has 1 saturated heterocycles. The average molecular weight is 373 g/mol. The van der Waals surface area contributed by atoms with Gasteiger partial charge in [-0.2, -0.15) is 0 Å². The third-order valence-electron chi connectivity index (χ3n) is 4.96. The summed E-state index contributed by atoms with van der Waals surface area (Å²) in [5, 5.41) is 9.17. The number of carbonyl (C=O) groups is 1. The number of benzene rings is 1. The smallest absolute Gasteiger partial charge is 0.260 e. The second-order valence-electron chi connectivity index (χ2n) is 6.91. The zero-order valence-corrected chi connectivity index (χ0v) is 15.8. The Bertz CT molecular complexity index is 746. The van der Waals surface area contributed by atoms with Crippen LogP contribution in [0.1, 0.15) is 17.7 Å². The van der Waals surface area contributed by atoms with Gasteiger partial charge < -0.3 is 9.30 Å². The molecular formula is C19H27N5O3. The molecule has 27 heavy (non-hydrogen) atoms. The number of rotatable bonds is 6. The van der Waals surface area contributed by atoms with Crippen LogP contribution in [0.15, 0.2) is 36.8 Å². The van der Waals surface area contributed by atoms with Crippen LogP contribution in [-0.4, -0.2) is 63.3 Å². The van der Waals surface area contributed by atoms with Gasteiger partial charge >= 0.3 is 0 Å². The van der Waals surface area contributed by atoms with Crippen LogP contribution in [0, 0.1) is 0 Å². The van der Waals surface area contributed by atoms with E-state index < -0.39 is 0 Å². The Labute approximate surface area is 159 Å². The minimum Gasteiger partial charge on any atom is -0.497 e. The maximum absolute atomic E-state index is 12.2. The number of nitrogens with zero attached hydrogens (tertiary/aromatic N) is 4. The molecule has 0 aliphatic carbocycles. The maximum atomic E-state index is 12.2. The van der Waals surface area contributed by atoms with Gasteiger partial charge in [0.1, 0.15) is 5.75 Å². The fourth-order valence-corrected chi connectivity index (χ4v) is 3.49. The van der Waals surface area contributed by atoms with E-state index in [2.05, 4.69) is 14.8 Å². The zero-order valence-electron chi connectivity index (χ0n) is 15.8. The molecule has 1 atom stereocenters. The lowest BCUT2D eigenvalue weighted by Crippen LogP contribution is -2.46. The number of hydrogen-bond donors (Lipinski definition) is 2. The minimum atomic E-state index is -0.370. The first-order valence-corrected chi connectivity index (χ1v) is 9.09. The van der Waals surface area contributed by atoms with Crippen LogP contribution in [0.25, 0.3) is 0 Å². The van der Waals surface area contributed by atoms with Gasteiger partial charge in [-0.15, -0.1) is 0 Å². The fourth-order valence-electron chi connectivity index (χ4n) is 3.49. The Morgan fingerprint density at radius 3 is 2.67 bits per heavy atom. The molecule has 1 unspecified atom stereocenters. The average Bonchev–Trinajstić information content (AvgIpc) is 2.99. The highest BCUT2D eigenvalue weighted by Gasteiger charge is 2.29. The quantitative estimate of drug-likeness (QED) is 0.581. The molecule has 146 valence electrons. The second kappa shape index (κ2) is 8.98. The van der Waals surface area contributed by atoms with Crippen molar-refractivity contribution >= 4 is 5.91 Å². The molecule has 0 bridgehead atoms. The summed E-state index contributed by atoms with van der Waals surface area (Å²) in [5.41, 5.74) is 3.95. The van der Waals surface area contributed by atoms with Crippen molar-refractivity contribution in [1.29, 1.82) is 0 Å². The van der Waals surface area contributed by atoms with Crippen molar-refractivity contribution < 1.29 is 14.7 Å². The molecule has 8 nitrogen and oxygen atoms in total. The maximum Gasteiger partial charge on any atom is 0.260 e. The Morgan fingerprint density at radius 1 is 1.26 bits per heavy atom. The van der Waals surface area contributed by atoms with E-state index in [1.54, 1.807) is 13.4 Å². The summed E-state index contributed by atoms with van der Waals surface area (Å²) in [7, 11) is 3.60. The lowest BCUT2D eigenvalue weighted by atomic mass is 10.1. The van der Waals surface area contributed by atoms with E-state index in [0.29, 0.717) is 13.0 Å². The molecule has 1 aliphatic heterocycles. The van der Waals surface area contributed by atoms with Gasteiger partial charge in [0.15, 0.2) is 0 Å². The van der Waals surface area contributed by atoms with E-state index in [1.807, 2.05) is 47.6 Å². The summed E-state index contributed by atoms with van der Waals surface area (Å²) in [6.45, 7) is 3.73. The molecule has 0 spiro atoms. The van der Waals surface area contributed by atoms with Gasteiger partial charge in [-0.05, 0) is 24.1 Å². The van der Waals surface area contributed by atoms with Crippen molar-refractivity contribution in [3.05, 3.63) is 48.0 Å². The standard InChI is InChI=1S/C19H27N5O3/c1-22-12-16(20-14-22)13-23-8-7-18(19(25)21-26)24(10-9-23)11-15-3-5-17(27-2)6-4-15/h3-6,12,14,18,26H,7-11,13H2,1-2H3,(H,21,25). The zero-order chi connectivity index (χ0) is 19.2. The van der Waals surface area contributed by atoms with E-state index in [-0.39, 0.29) is 11.9 Å². The molecule has 8 heteroatoms. The number of hydrogen-bond acceptors (Lipinski definition) is 6. The summed E-state index contributed by atoms with van der Waals surface area (Å²) in [4.78, 5) is 21.0. The molecule has 1 fully saturated rings. The summed E-state index contributed by atoms with van der Waals surface area (Å²) < 4.78 is 7.14. The predicted molar refractivity (Wildman–Crippen MR) is 100 cm³/mol. The first-order valence-electron chi connectivity index (χ1n) is 9.09. The van der Waals surface area contributed by atoms with E-state index in [1.165, 1.54) is 0 Å². The summed E-state index contributed by atoms with van der Waals surface area (Å²) >= 11 is 0. The molecule has 1 aromatic heterocycles. The molecule has 2 aromatic rings. The summed E-state index contributed by atoms with van der Waals surface area (Å²) in [6.07, 6.45) is 4.46. The van der Waals surface area contributed by atoms with Crippen LogP contribution in [-0.2, 0) is 24.9 Å². The highest BCUT2D eigenvalue weighted by molar-refractivity contribution is 5.80. The molecule has 1 aliphatic rings. The molecule has 1 amide bonds. The van der Waals surface area contributed by atoms with Crippen molar-refractivity contribution in [2.24, 2.45) is 7.05 Å². The van der Waals surface area contributed by atoms with Crippen LogP contribution in [0.4, 0.5) is 0 Å². The van der Waals surface area contributed by atoms with Crippen LogP contribution in [0.5, 0.6) is 5.75 Å². The van der Waals surface area contributed by atoms with E-state index in [4.69, 9.17) is 9.94 Å². The van der Waals surface area contributed by atoms with Crippen molar-refractivity contribution in [3.8, 4) is 5.75 Å². The fraction of sp³-hybridized carbons (Fsp3) is 0.474. The number of methoxy groups -OCH3 is 1. The third kappa shape index (κ3) is 5.06. The molecule has 1 aromatic carbocycles. The van der Waals surface area contributed by atoms with Gasteiger partial charge in [-0.25, -0.2) is 10.5 Å². The van der Waals surface area contributed by atoms with Crippen molar-refractivity contribution in [3.63, 3.8) is 0 Å². The number of aromatic nitrogens is 2. The lowest BCUT2D eigenvalue weighted by Gasteiger charge is -2.27. The summed E-state index contributed by atoms with van der Waals surface area (Å²) in [6, 6.07) is 7.47. The molecule has 2 N–H and O–H groups in total. The van der Waals surface area contributed by atoms with Gasteiger partial charge in [0.05, 0.1) is 25.2 Å². The number of imidazole rings is 1. The van der Waals surface area contributed by atoms with Gasteiger partial charge in [0.25, 0.3) is 5.91 Å². The number of carbonyl (C=O) groups excluding carboxylic acids is 1. The Morgan fingerprint density at radius 2 is 2.04 bits per heavy atom. The number of amides is 1. The van der Waals surface area contributed by atoms with Crippen molar-refractivity contribution in [1.82, 2.24) is 24.8 Å². The molecule has 0 saturated carbocycles. The van der Waals surface area contributed by atoms with Gasteiger partial charge in [-0.1, -0.05) is 12.1 Å².